The van der Waals surface area contributed by atoms with Gasteiger partial charge in [0.2, 0.25) is 0 Å². The Labute approximate surface area is 215 Å². The van der Waals surface area contributed by atoms with Crippen molar-refractivity contribution in [1.29, 1.82) is 0 Å². The third-order valence-electron chi connectivity index (χ3n) is 6.03. The molecule has 3 aromatic carbocycles. The highest BCUT2D eigenvalue weighted by molar-refractivity contribution is 7.99. The monoisotopic (exact) mass is 498 g/mol. The van der Waals surface area contributed by atoms with Gasteiger partial charge in [0.25, 0.3) is 0 Å². The normalized spacial score (nSPS) is 11.9. The summed E-state index contributed by atoms with van der Waals surface area (Å²) in [4.78, 5) is 0. The summed E-state index contributed by atoms with van der Waals surface area (Å²) >= 11 is 4.01. The first kappa shape index (κ1) is 27.1. The van der Waals surface area contributed by atoms with E-state index in [0.717, 1.165) is 48.3 Å². The fourth-order valence-corrected chi connectivity index (χ4v) is 5.72. The van der Waals surface area contributed by atoms with Gasteiger partial charge in [0.15, 0.2) is 0 Å². The van der Waals surface area contributed by atoms with Crippen LogP contribution in [0.3, 0.4) is 0 Å². The third-order valence-corrected chi connectivity index (χ3v) is 8.00. The maximum Gasteiger partial charge on any atom is 0.135 e. The molecule has 3 aromatic rings. The largest absolute Gasteiger partial charge is 0.492 e. The summed E-state index contributed by atoms with van der Waals surface area (Å²) in [5.41, 5.74) is 1.32. The van der Waals surface area contributed by atoms with Crippen LogP contribution in [0.25, 0.3) is 21.5 Å². The van der Waals surface area contributed by atoms with Gasteiger partial charge in [-0.1, -0.05) is 77.1 Å². The number of thioether (sulfide) groups is 2. The molecule has 0 N–H and O–H groups in total. The van der Waals surface area contributed by atoms with Crippen molar-refractivity contribution in [3.8, 4) is 11.5 Å². The molecule has 0 radical (unpaired) electrons. The predicted molar refractivity (Wildman–Crippen MR) is 156 cm³/mol. The number of benzene rings is 3. The summed E-state index contributed by atoms with van der Waals surface area (Å²) in [7, 11) is 0. The van der Waals surface area contributed by atoms with Gasteiger partial charge < -0.3 is 9.47 Å². The average Bonchev–Trinajstić information content (AvgIpc) is 2.83. The maximum atomic E-state index is 6.61. The number of fused-ring (bicyclic) bond motifs is 2. The second-order valence-corrected chi connectivity index (χ2v) is 12.5. The molecule has 0 atom stereocenters. The van der Waals surface area contributed by atoms with Crippen molar-refractivity contribution in [2.45, 2.75) is 65.7 Å². The van der Waals surface area contributed by atoms with E-state index in [9.17, 15) is 0 Å². The van der Waals surface area contributed by atoms with Gasteiger partial charge in [0.1, 0.15) is 11.5 Å². The average molecular weight is 499 g/mol. The number of unbranched alkanes of at least 4 members (excludes halogenated alkanes) is 2. The van der Waals surface area contributed by atoms with Gasteiger partial charge in [-0.05, 0) is 59.7 Å². The Morgan fingerprint density at radius 1 is 0.647 bits per heavy atom. The molecule has 3 rings (SSSR count). The minimum absolute atomic E-state index is 0.00644. The second kappa shape index (κ2) is 13.5. The van der Waals surface area contributed by atoms with Gasteiger partial charge in [0.05, 0.1) is 13.2 Å². The van der Waals surface area contributed by atoms with Crippen LogP contribution < -0.4 is 9.47 Å². The van der Waals surface area contributed by atoms with Crippen molar-refractivity contribution in [2.24, 2.45) is 0 Å². The zero-order valence-electron chi connectivity index (χ0n) is 21.7. The number of hydrogen-bond acceptors (Lipinski definition) is 4. The lowest BCUT2D eigenvalue weighted by Gasteiger charge is -2.25. The van der Waals surface area contributed by atoms with E-state index in [1.165, 1.54) is 52.2 Å². The molecule has 4 heteroatoms. The fourth-order valence-electron chi connectivity index (χ4n) is 4.32. The van der Waals surface area contributed by atoms with Gasteiger partial charge in [-0.25, -0.2) is 0 Å². The second-order valence-electron chi connectivity index (χ2n) is 9.69. The SMILES string of the molecule is CCSCCCCOc1c2ccccc2c(OCCCCSCC)c2c(C(C)(C)C)cccc12. The Balaban J connectivity index is 2.01. The van der Waals surface area contributed by atoms with Crippen LogP contribution in [0.1, 0.15) is 65.9 Å². The summed E-state index contributed by atoms with van der Waals surface area (Å²) < 4.78 is 13.1. The highest BCUT2D eigenvalue weighted by atomic mass is 32.2. The van der Waals surface area contributed by atoms with Crippen LogP contribution in [0.2, 0.25) is 0 Å². The molecule has 0 fully saturated rings. The van der Waals surface area contributed by atoms with Crippen molar-refractivity contribution < 1.29 is 9.47 Å². The summed E-state index contributed by atoms with van der Waals surface area (Å²) in [5, 5.41) is 4.70. The molecule has 0 heterocycles. The van der Waals surface area contributed by atoms with Crippen LogP contribution in [-0.4, -0.2) is 36.2 Å². The molecule has 0 saturated carbocycles. The molecule has 0 aliphatic heterocycles. The molecule has 34 heavy (non-hydrogen) atoms. The molecule has 0 amide bonds. The van der Waals surface area contributed by atoms with E-state index >= 15 is 0 Å². The molecule has 186 valence electrons. The number of ether oxygens (including phenoxy) is 2. The first-order valence-corrected chi connectivity index (χ1v) is 15.2. The molecular weight excluding hydrogens is 456 g/mol. The quantitative estimate of drug-likeness (QED) is 0.163. The molecule has 0 spiro atoms. The lowest BCUT2D eigenvalue weighted by atomic mass is 9.82. The van der Waals surface area contributed by atoms with E-state index in [0.29, 0.717) is 0 Å². The molecule has 0 aromatic heterocycles. The van der Waals surface area contributed by atoms with E-state index in [1.807, 2.05) is 23.5 Å². The smallest absolute Gasteiger partial charge is 0.135 e. The van der Waals surface area contributed by atoms with Gasteiger partial charge in [-0.3, -0.25) is 0 Å². The Morgan fingerprint density at radius 2 is 1.18 bits per heavy atom. The van der Waals surface area contributed by atoms with Gasteiger partial charge in [-0.15, -0.1) is 0 Å². The Bertz CT molecular complexity index is 1040. The van der Waals surface area contributed by atoms with Crippen molar-refractivity contribution in [2.75, 3.05) is 36.2 Å². The lowest BCUT2D eigenvalue weighted by molar-refractivity contribution is 0.311. The summed E-state index contributed by atoms with van der Waals surface area (Å²) in [6.07, 6.45) is 4.54. The Kier molecular flexibility index (Phi) is 10.8. The van der Waals surface area contributed by atoms with Gasteiger partial charge in [-0.2, -0.15) is 23.5 Å². The van der Waals surface area contributed by atoms with Crippen LogP contribution >= 0.6 is 23.5 Å². The van der Waals surface area contributed by atoms with E-state index in [4.69, 9.17) is 9.47 Å². The standard InChI is InChI=1S/C30H42O2S2/c1-6-33-21-12-10-19-31-28-23-15-8-9-16-24(23)29(32-20-11-13-22-34-7-2)27-25(28)17-14-18-26(27)30(3,4)5/h8-9,14-18H,6-7,10-13,19-22H2,1-5H3. The third kappa shape index (κ3) is 7.01. The number of hydrogen-bond donors (Lipinski definition) is 0. The fraction of sp³-hybridized carbons (Fsp3) is 0.533. The maximum absolute atomic E-state index is 6.61. The van der Waals surface area contributed by atoms with Gasteiger partial charge in [0, 0.05) is 21.5 Å². The zero-order valence-corrected chi connectivity index (χ0v) is 23.4. The topological polar surface area (TPSA) is 18.5 Å². The molecule has 0 aliphatic rings. The highest BCUT2D eigenvalue weighted by Gasteiger charge is 2.24. The predicted octanol–water partition coefficient (Wildman–Crippen LogP) is 9.11. The summed E-state index contributed by atoms with van der Waals surface area (Å²) in [6.45, 7) is 12.8. The van der Waals surface area contributed by atoms with Crippen LogP contribution in [0, 0.1) is 0 Å². The van der Waals surface area contributed by atoms with Crippen LogP contribution in [0.5, 0.6) is 11.5 Å². The molecule has 2 nitrogen and oxygen atoms in total. The van der Waals surface area contributed by atoms with E-state index < -0.39 is 0 Å². The zero-order chi connectivity index (χ0) is 24.4. The van der Waals surface area contributed by atoms with Crippen molar-refractivity contribution in [3.05, 3.63) is 48.0 Å². The summed E-state index contributed by atoms with van der Waals surface area (Å²) in [5.74, 6) is 6.81. The Hall–Kier alpha value is -1.52. The molecule has 0 bridgehead atoms. The molecule has 0 unspecified atom stereocenters. The van der Waals surface area contributed by atoms with Crippen molar-refractivity contribution >= 4 is 45.1 Å². The first-order chi connectivity index (χ1) is 16.5. The minimum atomic E-state index is 0.00644. The molecule has 0 aliphatic carbocycles. The van der Waals surface area contributed by atoms with Crippen molar-refractivity contribution in [3.63, 3.8) is 0 Å². The number of rotatable bonds is 14. The molecule has 0 saturated heterocycles. The lowest BCUT2D eigenvalue weighted by Crippen LogP contribution is -2.13. The minimum Gasteiger partial charge on any atom is -0.492 e. The van der Waals surface area contributed by atoms with Crippen LogP contribution in [0.4, 0.5) is 0 Å². The van der Waals surface area contributed by atoms with E-state index in [2.05, 4.69) is 77.1 Å². The summed E-state index contributed by atoms with van der Waals surface area (Å²) in [6, 6.07) is 15.3. The Morgan fingerprint density at radius 3 is 1.74 bits per heavy atom. The van der Waals surface area contributed by atoms with E-state index in [1.54, 1.807) is 0 Å². The van der Waals surface area contributed by atoms with E-state index in [-0.39, 0.29) is 5.41 Å². The highest BCUT2D eigenvalue weighted by Crippen LogP contribution is 2.46. The van der Waals surface area contributed by atoms with Gasteiger partial charge >= 0.3 is 0 Å². The first-order valence-electron chi connectivity index (χ1n) is 12.9. The molecular formula is C30H42O2S2. The van der Waals surface area contributed by atoms with Crippen LogP contribution in [-0.2, 0) is 5.41 Å². The van der Waals surface area contributed by atoms with Crippen molar-refractivity contribution in [1.82, 2.24) is 0 Å². The van der Waals surface area contributed by atoms with Crippen LogP contribution in [0.15, 0.2) is 42.5 Å².